The summed E-state index contributed by atoms with van der Waals surface area (Å²) in [5.41, 5.74) is -0.979. The molecule has 0 aromatic heterocycles. The van der Waals surface area contributed by atoms with Gasteiger partial charge < -0.3 is 14.2 Å². The Morgan fingerprint density at radius 2 is 1.71 bits per heavy atom. The van der Waals surface area contributed by atoms with Gasteiger partial charge in [-0.1, -0.05) is 24.3 Å². The number of amides is 1. The summed E-state index contributed by atoms with van der Waals surface area (Å²) in [5, 5.41) is 0. The van der Waals surface area contributed by atoms with Gasteiger partial charge in [-0.3, -0.25) is 14.5 Å². The number of para-hydroxylation sites is 1. The smallest absolute Gasteiger partial charge is 0.414 e. The molecule has 128 valence electrons. The van der Waals surface area contributed by atoms with Crippen LogP contribution < -0.4 is 4.90 Å². The third-order valence-electron chi connectivity index (χ3n) is 4.18. The number of benzene rings is 1. The van der Waals surface area contributed by atoms with Gasteiger partial charge in [-0.25, -0.2) is 4.79 Å². The van der Waals surface area contributed by atoms with E-state index in [9.17, 15) is 14.4 Å². The zero-order valence-electron chi connectivity index (χ0n) is 13.8. The van der Waals surface area contributed by atoms with Crippen LogP contribution in [0.25, 0.3) is 0 Å². The van der Waals surface area contributed by atoms with Crippen molar-refractivity contribution in [2.75, 3.05) is 26.2 Å². The summed E-state index contributed by atoms with van der Waals surface area (Å²) < 4.78 is 14.6. The summed E-state index contributed by atoms with van der Waals surface area (Å²) in [4.78, 5) is 38.7. The van der Waals surface area contributed by atoms with Crippen LogP contribution in [0.4, 0.5) is 10.5 Å². The number of esters is 2. The fraction of sp³-hybridized carbons (Fsp3) is 0.353. The second kappa shape index (κ2) is 6.74. The highest BCUT2D eigenvalue weighted by atomic mass is 16.6. The van der Waals surface area contributed by atoms with Crippen molar-refractivity contribution in [3.63, 3.8) is 0 Å². The van der Waals surface area contributed by atoms with Crippen molar-refractivity contribution in [1.29, 1.82) is 0 Å². The molecular formula is C17H19NO6. The van der Waals surface area contributed by atoms with Crippen molar-refractivity contribution in [3.8, 4) is 0 Å². The summed E-state index contributed by atoms with van der Waals surface area (Å²) in [7, 11) is 3.66. The van der Waals surface area contributed by atoms with E-state index in [1.807, 2.05) is 0 Å². The van der Waals surface area contributed by atoms with Gasteiger partial charge in [0.05, 0.1) is 33.1 Å². The Morgan fingerprint density at radius 3 is 2.21 bits per heavy atom. The molecule has 1 amide bonds. The third kappa shape index (κ3) is 2.42. The molecule has 1 unspecified atom stereocenters. The number of ether oxygens (including phenoxy) is 3. The van der Waals surface area contributed by atoms with Crippen molar-refractivity contribution in [3.05, 3.63) is 42.5 Å². The SMILES string of the molecule is C=CC1CC(C(=O)OC)(C(=O)OC)c2ccccc2N1C(=O)OC. The topological polar surface area (TPSA) is 82.1 Å². The van der Waals surface area contributed by atoms with E-state index in [0.29, 0.717) is 11.3 Å². The molecule has 0 spiro atoms. The molecule has 0 bridgehead atoms. The number of carbonyl (C=O) groups is 3. The Morgan fingerprint density at radius 1 is 1.12 bits per heavy atom. The molecule has 1 heterocycles. The predicted octanol–water partition coefficient (Wildman–Crippen LogP) is 1.80. The van der Waals surface area contributed by atoms with Gasteiger partial charge in [0.25, 0.3) is 0 Å². The van der Waals surface area contributed by atoms with Gasteiger partial charge >= 0.3 is 18.0 Å². The number of rotatable bonds is 3. The van der Waals surface area contributed by atoms with Crippen molar-refractivity contribution in [1.82, 2.24) is 0 Å². The first-order valence-electron chi connectivity index (χ1n) is 7.24. The van der Waals surface area contributed by atoms with Crippen LogP contribution in [-0.2, 0) is 29.2 Å². The van der Waals surface area contributed by atoms with Gasteiger partial charge in [-0.15, -0.1) is 6.58 Å². The minimum Gasteiger partial charge on any atom is -0.468 e. The fourth-order valence-electron chi connectivity index (χ4n) is 3.08. The summed E-state index contributed by atoms with van der Waals surface area (Å²) >= 11 is 0. The molecule has 0 saturated carbocycles. The monoisotopic (exact) mass is 333 g/mol. The molecular weight excluding hydrogens is 314 g/mol. The molecule has 0 radical (unpaired) electrons. The van der Waals surface area contributed by atoms with E-state index < -0.39 is 29.5 Å². The number of nitrogens with zero attached hydrogens (tertiary/aromatic N) is 1. The summed E-state index contributed by atoms with van der Waals surface area (Å²) in [6, 6.07) is 5.94. The fourth-order valence-corrected chi connectivity index (χ4v) is 3.08. The standard InChI is InChI=1S/C17H19NO6/c1-5-11-10-17(14(19)22-2,15(20)23-3)12-8-6-7-9-13(12)18(11)16(21)24-4/h5-9,11H,1,10H2,2-4H3. The van der Waals surface area contributed by atoms with E-state index >= 15 is 0 Å². The van der Waals surface area contributed by atoms with Crippen molar-refractivity contribution < 1.29 is 28.6 Å². The first kappa shape index (κ1) is 17.5. The summed E-state index contributed by atoms with van der Waals surface area (Å²) in [5.74, 6) is -1.50. The van der Waals surface area contributed by atoms with Gasteiger partial charge in [-0.2, -0.15) is 0 Å². The molecule has 1 aliphatic rings. The second-order valence-electron chi connectivity index (χ2n) is 5.25. The molecule has 7 heteroatoms. The number of hydrogen-bond donors (Lipinski definition) is 0. The van der Waals surface area contributed by atoms with E-state index in [1.54, 1.807) is 24.3 Å². The average molecular weight is 333 g/mol. The van der Waals surface area contributed by atoms with Crippen LogP contribution >= 0.6 is 0 Å². The van der Waals surface area contributed by atoms with Crippen molar-refractivity contribution in [2.24, 2.45) is 0 Å². The van der Waals surface area contributed by atoms with E-state index in [2.05, 4.69) is 6.58 Å². The molecule has 0 N–H and O–H groups in total. The molecule has 1 aliphatic heterocycles. The van der Waals surface area contributed by atoms with E-state index in [0.717, 1.165) is 0 Å². The Balaban J connectivity index is 2.79. The Labute approximate surface area is 139 Å². The lowest BCUT2D eigenvalue weighted by Crippen LogP contribution is -2.56. The molecule has 0 aliphatic carbocycles. The molecule has 0 fully saturated rings. The molecule has 2 rings (SSSR count). The Kier molecular flexibility index (Phi) is 4.92. The molecule has 24 heavy (non-hydrogen) atoms. The minimum absolute atomic E-state index is 0.0536. The third-order valence-corrected chi connectivity index (χ3v) is 4.18. The highest BCUT2D eigenvalue weighted by Gasteiger charge is 2.57. The average Bonchev–Trinajstić information content (AvgIpc) is 2.64. The molecule has 0 saturated heterocycles. The largest absolute Gasteiger partial charge is 0.468 e. The minimum atomic E-state index is -1.68. The van der Waals surface area contributed by atoms with Gasteiger partial charge in [-0.05, 0) is 6.07 Å². The highest BCUT2D eigenvalue weighted by molar-refractivity contribution is 6.10. The van der Waals surface area contributed by atoms with Gasteiger partial charge in [0.1, 0.15) is 0 Å². The Hall–Kier alpha value is -2.83. The van der Waals surface area contributed by atoms with Gasteiger partial charge in [0.2, 0.25) is 0 Å². The van der Waals surface area contributed by atoms with E-state index in [4.69, 9.17) is 14.2 Å². The lowest BCUT2D eigenvalue weighted by atomic mass is 9.71. The number of fused-ring (bicyclic) bond motifs is 1. The van der Waals surface area contributed by atoms with Crippen LogP contribution in [0.5, 0.6) is 0 Å². The molecule has 1 aromatic rings. The molecule has 1 aromatic carbocycles. The maximum absolute atomic E-state index is 12.6. The quantitative estimate of drug-likeness (QED) is 0.363. The second-order valence-corrected chi connectivity index (χ2v) is 5.25. The summed E-state index contributed by atoms with van der Waals surface area (Å²) in [6.07, 6.45) is 0.811. The molecule has 7 nitrogen and oxygen atoms in total. The first-order valence-corrected chi connectivity index (χ1v) is 7.24. The van der Waals surface area contributed by atoms with Crippen LogP contribution in [0.15, 0.2) is 36.9 Å². The number of methoxy groups -OCH3 is 3. The van der Waals surface area contributed by atoms with Gasteiger partial charge in [0, 0.05) is 12.0 Å². The van der Waals surface area contributed by atoms with Gasteiger partial charge in [0.15, 0.2) is 5.41 Å². The van der Waals surface area contributed by atoms with Crippen molar-refractivity contribution in [2.45, 2.75) is 17.9 Å². The van der Waals surface area contributed by atoms with Crippen molar-refractivity contribution >= 4 is 23.7 Å². The van der Waals surface area contributed by atoms with Crippen LogP contribution in [-0.4, -0.2) is 45.4 Å². The van der Waals surface area contributed by atoms with E-state index in [1.165, 1.54) is 32.3 Å². The number of anilines is 1. The van der Waals surface area contributed by atoms with Crippen LogP contribution in [0.3, 0.4) is 0 Å². The lowest BCUT2D eigenvalue weighted by Gasteiger charge is -2.42. The van der Waals surface area contributed by atoms with Crippen LogP contribution in [0, 0.1) is 0 Å². The Bertz CT molecular complexity index is 667. The summed E-state index contributed by atoms with van der Waals surface area (Å²) in [6.45, 7) is 3.71. The zero-order chi connectivity index (χ0) is 17.9. The lowest BCUT2D eigenvalue weighted by molar-refractivity contribution is -0.162. The molecule has 1 atom stereocenters. The highest BCUT2D eigenvalue weighted by Crippen LogP contribution is 2.45. The van der Waals surface area contributed by atoms with E-state index in [-0.39, 0.29) is 6.42 Å². The number of hydrogen-bond acceptors (Lipinski definition) is 6. The number of carbonyl (C=O) groups excluding carboxylic acids is 3. The maximum atomic E-state index is 12.6. The first-order chi connectivity index (χ1) is 11.5. The maximum Gasteiger partial charge on any atom is 0.414 e. The zero-order valence-corrected chi connectivity index (χ0v) is 13.8. The van der Waals surface area contributed by atoms with Crippen LogP contribution in [0.1, 0.15) is 12.0 Å². The predicted molar refractivity (Wildman–Crippen MR) is 85.6 cm³/mol. The normalized spacial score (nSPS) is 18.1. The van der Waals surface area contributed by atoms with Crippen LogP contribution in [0.2, 0.25) is 0 Å².